The van der Waals surface area contributed by atoms with Crippen molar-refractivity contribution in [3.05, 3.63) is 58.4 Å². The number of nitrogen functional groups attached to an aromatic ring is 1. The van der Waals surface area contributed by atoms with Crippen molar-refractivity contribution in [3.63, 3.8) is 0 Å². The van der Waals surface area contributed by atoms with E-state index < -0.39 is 23.4 Å². The van der Waals surface area contributed by atoms with Crippen LogP contribution in [0.3, 0.4) is 0 Å². The first-order chi connectivity index (χ1) is 9.38. The molecule has 2 aromatic rings. The van der Waals surface area contributed by atoms with Crippen molar-refractivity contribution in [2.75, 3.05) is 11.1 Å². The summed E-state index contributed by atoms with van der Waals surface area (Å²) in [4.78, 5) is 11.8. The van der Waals surface area contributed by atoms with Gasteiger partial charge in [0.05, 0.1) is 11.4 Å². The van der Waals surface area contributed by atoms with Gasteiger partial charge in [0.15, 0.2) is 17.5 Å². The number of nitrogens with two attached hydrogens (primary N) is 1. The van der Waals surface area contributed by atoms with Crippen LogP contribution in [0.15, 0.2) is 30.3 Å². The van der Waals surface area contributed by atoms with Gasteiger partial charge in [0.2, 0.25) is 0 Å². The van der Waals surface area contributed by atoms with E-state index in [-0.39, 0.29) is 16.9 Å². The smallest absolute Gasteiger partial charge is 0.255 e. The maximum Gasteiger partial charge on any atom is 0.255 e. The van der Waals surface area contributed by atoms with E-state index in [2.05, 4.69) is 5.32 Å². The van der Waals surface area contributed by atoms with Gasteiger partial charge >= 0.3 is 0 Å². The molecule has 7 heteroatoms. The van der Waals surface area contributed by atoms with Crippen LogP contribution in [0.4, 0.5) is 24.5 Å². The highest BCUT2D eigenvalue weighted by Crippen LogP contribution is 2.24. The van der Waals surface area contributed by atoms with Crippen molar-refractivity contribution in [2.24, 2.45) is 0 Å². The van der Waals surface area contributed by atoms with Crippen LogP contribution in [0.25, 0.3) is 0 Å². The molecule has 0 radical (unpaired) electrons. The molecular weight excluding hydrogens is 293 g/mol. The largest absolute Gasteiger partial charge is 0.397 e. The summed E-state index contributed by atoms with van der Waals surface area (Å²) in [6.45, 7) is 0. The third kappa shape index (κ3) is 2.85. The van der Waals surface area contributed by atoms with E-state index in [4.69, 9.17) is 17.3 Å². The van der Waals surface area contributed by atoms with Crippen molar-refractivity contribution in [3.8, 4) is 0 Å². The Balaban J connectivity index is 2.31. The quantitative estimate of drug-likeness (QED) is 0.658. The number of rotatable bonds is 2. The fourth-order valence-electron chi connectivity index (χ4n) is 1.52. The van der Waals surface area contributed by atoms with E-state index in [1.54, 1.807) is 0 Å². The summed E-state index contributed by atoms with van der Waals surface area (Å²) in [5.41, 5.74) is 5.66. The number of hydrogen-bond donors (Lipinski definition) is 2. The summed E-state index contributed by atoms with van der Waals surface area (Å²) in [5, 5.41) is 2.66. The number of halogens is 4. The van der Waals surface area contributed by atoms with E-state index in [1.165, 1.54) is 18.2 Å². The maximum absolute atomic E-state index is 13.0. The van der Waals surface area contributed by atoms with Gasteiger partial charge in [-0.1, -0.05) is 11.6 Å². The third-order valence-electron chi connectivity index (χ3n) is 2.51. The van der Waals surface area contributed by atoms with Crippen molar-refractivity contribution >= 4 is 28.9 Å². The topological polar surface area (TPSA) is 55.1 Å². The lowest BCUT2D eigenvalue weighted by Crippen LogP contribution is -2.14. The molecule has 0 aromatic heterocycles. The molecule has 0 unspecified atom stereocenters. The van der Waals surface area contributed by atoms with Crippen LogP contribution in [0, 0.1) is 17.5 Å². The predicted molar refractivity (Wildman–Crippen MR) is 70.1 cm³/mol. The molecule has 0 saturated heterocycles. The highest BCUT2D eigenvalue weighted by Gasteiger charge is 2.15. The summed E-state index contributed by atoms with van der Waals surface area (Å²) >= 11 is 5.74. The zero-order chi connectivity index (χ0) is 14.9. The molecule has 0 spiro atoms. The average Bonchev–Trinajstić information content (AvgIpc) is 2.39. The standard InChI is InChI=1S/C13H8ClF3N2O/c14-7-1-2-10(18)11(5-7)19-13(20)6-3-8(15)12(17)9(16)4-6/h1-5H,18H2,(H,19,20). The number of benzene rings is 2. The molecule has 0 aliphatic carbocycles. The summed E-state index contributed by atoms with van der Waals surface area (Å²) in [6, 6.07) is 5.54. The molecule has 104 valence electrons. The monoisotopic (exact) mass is 300 g/mol. The Hall–Kier alpha value is -2.21. The predicted octanol–water partition coefficient (Wildman–Crippen LogP) is 3.59. The molecule has 1 amide bonds. The number of carbonyl (C=O) groups excluding carboxylic acids is 1. The molecule has 3 N–H and O–H groups in total. The molecule has 0 heterocycles. The molecule has 20 heavy (non-hydrogen) atoms. The van der Waals surface area contributed by atoms with E-state index in [1.807, 2.05) is 0 Å². The maximum atomic E-state index is 13.0. The molecule has 0 fully saturated rings. The van der Waals surface area contributed by atoms with Gasteiger partial charge in [-0.25, -0.2) is 13.2 Å². The Kier molecular flexibility index (Phi) is 3.85. The van der Waals surface area contributed by atoms with Gasteiger partial charge in [-0.2, -0.15) is 0 Å². The van der Waals surface area contributed by atoms with Gasteiger partial charge in [0, 0.05) is 10.6 Å². The molecule has 0 aliphatic heterocycles. The van der Waals surface area contributed by atoms with Crippen LogP contribution < -0.4 is 11.1 Å². The highest BCUT2D eigenvalue weighted by molar-refractivity contribution is 6.31. The number of hydrogen-bond acceptors (Lipinski definition) is 2. The van der Waals surface area contributed by atoms with E-state index in [0.29, 0.717) is 17.2 Å². The normalized spacial score (nSPS) is 10.4. The first kappa shape index (κ1) is 14.2. The Morgan fingerprint density at radius 3 is 2.30 bits per heavy atom. The fraction of sp³-hybridized carbons (Fsp3) is 0. The Bertz CT molecular complexity index is 668. The molecule has 0 aliphatic rings. The number of anilines is 2. The lowest BCUT2D eigenvalue weighted by Gasteiger charge is -2.09. The minimum atomic E-state index is -1.64. The number of carbonyl (C=O) groups is 1. The Labute approximate surface area is 117 Å². The lowest BCUT2D eigenvalue weighted by atomic mass is 10.2. The molecule has 2 rings (SSSR count). The Morgan fingerprint density at radius 1 is 1.10 bits per heavy atom. The molecule has 3 nitrogen and oxygen atoms in total. The van der Waals surface area contributed by atoms with E-state index in [0.717, 1.165) is 0 Å². The summed E-state index contributed by atoms with van der Waals surface area (Å²) in [5.74, 6) is -5.37. The zero-order valence-corrected chi connectivity index (χ0v) is 10.6. The minimum absolute atomic E-state index is 0.188. The fourth-order valence-corrected chi connectivity index (χ4v) is 1.69. The van der Waals surface area contributed by atoms with Crippen LogP contribution in [-0.2, 0) is 0 Å². The van der Waals surface area contributed by atoms with Crippen molar-refractivity contribution in [1.82, 2.24) is 0 Å². The van der Waals surface area contributed by atoms with Gasteiger partial charge in [0.1, 0.15) is 0 Å². The van der Waals surface area contributed by atoms with Crippen LogP contribution >= 0.6 is 11.6 Å². The minimum Gasteiger partial charge on any atom is -0.397 e. The van der Waals surface area contributed by atoms with Gasteiger partial charge in [-0.3, -0.25) is 4.79 Å². The second-order valence-corrected chi connectivity index (χ2v) is 4.38. The summed E-state index contributed by atoms with van der Waals surface area (Å²) in [6.07, 6.45) is 0. The number of nitrogens with one attached hydrogen (secondary N) is 1. The van der Waals surface area contributed by atoms with E-state index >= 15 is 0 Å². The van der Waals surface area contributed by atoms with E-state index in [9.17, 15) is 18.0 Å². The second-order valence-electron chi connectivity index (χ2n) is 3.94. The van der Waals surface area contributed by atoms with Gasteiger partial charge in [0.25, 0.3) is 5.91 Å². The van der Waals surface area contributed by atoms with Crippen molar-refractivity contribution < 1.29 is 18.0 Å². The third-order valence-corrected chi connectivity index (χ3v) is 2.74. The van der Waals surface area contributed by atoms with Crippen LogP contribution in [-0.4, -0.2) is 5.91 Å². The van der Waals surface area contributed by atoms with Gasteiger partial charge in [-0.05, 0) is 30.3 Å². The zero-order valence-electron chi connectivity index (χ0n) is 9.88. The van der Waals surface area contributed by atoms with Crippen LogP contribution in [0.2, 0.25) is 5.02 Å². The second kappa shape index (κ2) is 5.42. The number of amides is 1. The van der Waals surface area contributed by atoms with Crippen LogP contribution in [0.5, 0.6) is 0 Å². The van der Waals surface area contributed by atoms with Gasteiger partial charge in [-0.15, -0.1) is 0 Å². The highest BCUT2D eigenvalue weighted by atomic mass is 35.5. The molecule has 0 bridgehead atoms. The van der Waals surface area contributed by atoms with Crippen molar-refractivity contribution in [1.29, 1.82) is 0 Å². The summed E-state index contributed by atoms with van der Waals surface area (Å²) in [7, 11) is 0. The molecule has 0 saturated carbocycles. The van der Waals surface area contributed by atoms with Crippen LogP contribution in [0.1, 0.15) is 10.4 Å². The first-order valence-corrected chi connectivity index (χ1v) is 5.77. The molecular formula is C13H8ClF3N2O. The first-order valence-electron chi connectivity index (χ1n) is 5.39. The van der Waals surface area contributed by atoms with Crippen molar-refractivity contribution in [2.45, 2.75) is 0 Å². The lowest BCUT2D eigenvalue weighted by molar-refractivity contribution is 0.102. The molecule has 0 atom stereocenters. The summed E-state index contributed by atoms with van der Waals surface area (Å²) < 4.78 is 38.9. The van der Waals surface area contributed by atoms with Gasteiger partial charge < -0.3 is 11.1 Å². The Morgan fingerprint density at radius 2 is 1.70 bits per heavy atom. The average molecular weight is 301 g/mol. The SMILES string of the molecule is Nc1ccc(Cl)cc1NC(=O)c1cc(F)c(F)c(F)c1. The molecule has 2 aromatic carbocycles.